The van der Waals surface area contributed by atoms with E-state index in [4.69, 9.17) is 11.6 Å². The molecule has 9 heteroatoms. The van der Waals surface area contributed by atoms with Crippen LogP contribution >= 0.6 is 34.7 Å². The molecule has 1 amide bonds. The van der Waals surface area contributed by atoms with Crippen molar-refractivity contribution in [2.45, 2.75) is 24.3 Å². The molecule has 5 nitrogen and oxygen atoms in total. The first-order valence-electron chi connectivity index (χ1n) is 8.42. The number of thioether (sulfide) groups is 1. The highest BCUT2D eigenvalue weighted by Gasteiger charge is 2.48. The Morgan fingerprint density at radius 1 is 1.22 bits per heavy atom. The molecule has 27 heavy (non-hydrogen) atoms. The summed E-state index contributed by atoms with van der Waals surface area (Å²) in [6.07, 6.45) is 0.268. The largest absolute Gasteiger partial charge is 0.342 e. The van der Waals surface area contributed by atoms with E-state index in [1.807, 2.05) is 46.7 Å². The Morgan fingerprint density at radius 3 is 2.70 bits per heavy atom. The van der Waals surface area contributed by atoms with Gasteiger partial charge in [-0.1, -0.05) is 41.6 Å². The third-order valence-electron chi connectivity index (χ3n) is 4.57. The molecule has 4 rings (SSSR count). The summed E-state index contributed by atoms with van der Waals surface area (Å²) in [6, 6.07) is 11.1. The lowest BCUT2D eigenvalue weighted by Crippen LogP contribution is -2.37. The maximum absolute atomic E-state index is 12.4. The molecule has 0 bridgehead atoms. The topological polar surface area (TPSA) is 66.8 Å². The van der Waals surface area contributed by atoms with E-state index < -0.39 is 9.84 Å². The van der Waals surface area contributed by atoms with Crippen LogP contribution in [0.3, 0.4) is 0 Å². The minimum absolute atomic E-state index is 0.0735. The maximum atomic E-state index is 12.4. The van der Waals surface area contributed by atoms with Gasteiger partial charge in [0.1, 0.15) is 0 Å². The number of fused-ring (bicyclic) bond motifs is 1. The number of amidine groups is 1. The third-order valence-corrected chi connectivity index (χ3v) is 8.94. The zero-order valence-electron chi connectivity index (χ0n) is 14.2. The predicted molar refractivity (Wildman–Crippen MR) is 111 cm³/mol. The lowest BCUT2D eigenvalue weighted by Gasteiger charge is -2.24. The van der Waals surface area contributed by atoms with Gasteiger partial charge in [0.25, 0.3) is 5.91 Å². The molecule has 0 unspecified atom stereocenters. The van der Waals surface area contributed by atoms with E-state index in [-0.39, 0.29) is 35.1 Å². The number of thiophene rings is 1. The number of benzene rings is 1. The number of amides is 1. The van der Waals surface area contributed by atoms with Crippen molar-refractivity contribution in [2.24, 2.45) is 4.99 Å². The monoisotopic (exact) mass is 440 g/mol. The molecule has 0 saturated carbocycles. The second kappa shape index (κ2) is 7.58. The van der Waals surface area contributed by atoms with E-state index >= 15 is 0 Å². The molecule has 2 atom stereocenters. The van der Waals surface area contributed by atoms with Gasteiger partial charge in [-0.05, 0) is 29.1 Å². The van der Waals surface area contributed by atoms with Crippen LogP contribution in [0.1, 0.15) is 10.4 Å². The van der Waals surface area contributed by atoms with Gasteiger partial charge in [0.15, 0.2) is 15.0 Å². The van der Waals surface area contributed by atoms with Crippen molar-refractivity contribution >= 4 is 55.6 Å². The molecule has 1 aromatic heterocycles. The highest BCUT2D eigenvalue weighted by molar-refractivity contribution is 8.15. The Hall–Kier alpha value is -1.35. The number of sulfone groups is 1. The van der Waals surface area contributed by atoms with E-state index in [1.165, 1.54) is 23.1 Å². The van der Waals surface area contributed by atoms with Crippen molar-refractivity contribution in [3.8, 4) is 0 Å². The summed E-state index contributed by atoms with van der Waals surface area (Å²) in [5.74, 6) is 0.0393. The summed E-state index contributed by atoms with van der Waals surface area (Å²) in [5, 5.41) is 3.13. The number of aliphatic imine (C=N–C) groups is 1. The highest BCUT2D eigenvalue weighted by atomic mass is 35.5. The van der Waals surface area contributed by atoms with Gasteiger partial charge in [-0.2, -0.15) is 4.99 Å². The first-order valence-corrected chi connectivity index (χ1v) is 12.4. The van der Waals surface area contributed by atoms with Crippen LogP contribution in [-0.4, -0.2) is 47.2 Å². The second-order valence-corrected chi connectivity index (χ2v) is 11.4. The summed E-state index contributed by atoms with van der Waals surface area (Å²) in [4.78, 5) is 19.7. The van der Waals surface area contributed by atoms with Gasteiger partial charge < -0.3 is 4.90 Å². The van der Waals surface area contributed by atoms with Crippen LogP contribution < -0.4 is 0 Å². The van der Waals surface area contributed by atoms with Gasteiger partial charge in [-0.15, -0.1) is 11.3 Å². The van der Waals surface area contributed by atoms with E-state index in [9.17, 15) is 13.2 Å². The SMILES string of the molecule is O=C(Cc1cccs1)N=C1S[C@@H]2CS(=O)(=O)C[C@H]2N1Cc1ccc(Cl)cc1. The summed E-state index contributed by atoms with van der Waals surface area (Å²) in [6.45, 7) is 0.506. The number of hydrogen-bond donors (Lipinski definition) is 0. The van der Waals surface area contributed by atoms with Crippen LogP contribution in [0, 0.1) is 0 Å². The molecule has 2 aliphatic heterocycles. The maximum Gasteiger partial charge on any atom is 0.253 e. The Kier molecular flexibility index (Phi) is 5.33. The fourth-order valence-electron chi connectivity index (χ4n) is 3.32. The zero-order valence-corrected chi connectivity index (χ0v) is 17.5. The van der Waals surface area contributed by atoms with Gasteiger partial charge in [-0.25, -0.2) is 8.42 Å². The minimum atomic E-state index is -3.05. The number of nitrogens with zero attached hydrogens (tertiary/aromatic N) is 2. The zero-order chi connectivity index (χ0) is 19.0. The minimum Gasteiger partial charge on any atom is -0.342 e. The Morgan fingerprint density at radius 2 is 2.00 bits per heavy atom. The smallest absolute Gasteiger partial charge is 0.253 e. The molecule has 142 valence electrons. The van der Waals surface area contributed by atoms with Crippen LogP contribution in [-0.2, 0) is 27.6 Å². The predicted octanol–water partition coefficient (Wildman–Crippen LogP) is 3.24. The molecule has 0 aliphatic carbocycles. The van der Waals surface area contributed by atoms with Crippen molar-refractivity contribution in [1.82, 2.24) is 4.90 Å². The van der Waals surface area contributed by atoms with Gasteiger partial charge in [0.2, 0.25) is 0 Å². The molecule has 3 heterocycles. The number of halogens is 1. The normalized spacial score (nSPS) is 25.1. The van der Waals surface area contributed by atoms with Crippen molar-refractivity contribution in [1.29, 1.82) is 0 Å². The molecular weight excluding hydrogens is 424 g/mol. The molecule has 1 aromatic carbocycles. The molecule has 2 fully saturated rings. The summed E-state index contributed by atoms with van der Waals surface area (Å²) >= 11 is 8.89. The standard InChI is InChI=1S/C18H17ClN2O3S3/c19-13-5-3-12(4-6-13)9-21-15-10-27(23,24)11-16(15)26-18(21)20-17(22)8-14-2-1-7-25-14/h1-7,15-16H,8-11H2/t15-,16-/m1/s1. The first-order chi connectivity index (χ1) is 12.9. The Labute approximate surface area is 171 Å². The van der Waals surface area contributed by atoms with Crippen molar-refractivity contribution in [3.05, 3.63) is 57.2 Å². The van der Waals surface area contributed by atoms with Gasteiger partial charge in [-0.3, -0.25) is 4.79 Å². The van der Waals surface area contributed by atoms with E-state index in [0.29, 0.717) is 16.7 Å². The first kappa shape index (κ1) is 19.0. The molecule has 0 spiro atoms. The molecular formula is C18H17ClN2O3S3. The fraction of sp³-hybridized carbons (Fsp3) is 0.333. The van der Waals surface area contributed by atoms with E-state index in [1.54, 1.807) is 0 Å². The van der Waals surface area contributed by atoms with Gasteiger partial charge in [0, 0.05) is 21.7 Å². The Bertz CT molecular complexity index is 972. The quantitative estimate of drug-likeness (QED) is 0.730. The summed E-state index contributed by atoms with van der Waals surface area (Å²) in [5.41, 5.74) is 1.00. The van der Waals surface area contributed by atoms with E-state index in [0.717, 1.165) is 10.4 Å². The molecule has 2 aliphatic rings. The fourth-order valence-corrected chi connectivity index (χ4v) is 8.11. The average Bonchev–Trinajstić information content (AvgIpc) is 3.27. The molecule has 0 radical (unpaired) electrons. The second-order valence-electron chi connectivity index (χ2n) is 6.60. The van der Waals surface area contributed by atoms with Crippen LogP contribution in [0.25, 0.3) is 0 Å². The van der Waals surface area contributed by atoms with Crippen LogP contribution in [0.4, 0.5) is 0 Å². The van der Waals surface area contributed by atoms with Crippen molar-refractivity contribution < 1.29 is 13.2 Å². The lowest BCUT2D eigenvalue weighted by atomic mass is 10.1. The van der Waals surface area contributed by atoms with Crippen LogP contribution in [0.15, 0.2) is 46.8 Å². The lowest BCUT2D eigenvalue weighted by molar-refractivity contribution is -0.117. The Balaban J connectivity index is 1.58. The number of hydrogen-bond acceptors (Lipinski definition) is 5. The highest BCUT2D eigenvalue weighted by Crippen LogP contribution is 2.39. The van der Waals surface area contributed by atoms with Crippen molar-refractivity contribution in [3.63, 3.8) is 0 Å². The molecule has 2 saturated heterocycles. The third kappa shape index (κ3) is 4.39. The summed E-state index contributed by atoms with van der Waals surface area (Å²) < 4.78 is 24.1. The molecule has 0 N–H and O–H groups in total. The number of rotatable bonds is 4. The number of carbonyl (C=O) groups excluding carboxylic acids is 1. The van der Waals surface area contributed by atoms with Crippen LogP contribution in [0.5, 0.6) is 0 Å². The van der Waals surface area contributed by atoms with E-state index in [2.05, 4.69) is 4.99 Å². The van der Waals surface area contributed by atoms with Gasteiger partial charge in [0.05, 0.1) is 24.0 Å². The number of carbonyl (C=O) groups is 1. The summed E-state index contributed by atoms with van der Waals surface area (Å²) in [7, 11) is -3.05. The van der Waals surface area contributed by atoms with Gasteiger partial charge >= 0.3 is 0 Å². The average molecular weight is 441 g/mol. The van der Waals surface area contributed by atoms with Crippen LogP contribution in [0.2, 0.25) is 5.02 Å². The van der Waals surface area contributed by atoms with Crippen molar-refractivity contribution in [2.75, 3.05) is 11.5 Å². The molecule has 2 aromatic rings.